The minimum Gasteiger partial charge on any atom is -0.491 e. The number of nitrogens with one attached hydrogen (secondary N) is 1. The van der Waals surface area contributed by atoms with Crippen LogP contribution in [0.25, 0.3) is 10.9 Å². The summed E-state index contributed by atoms with van der Waals surface area (Å²) in [4.78, 5) is 18.6. The molecule has 0 atom stereocenters. The van der Waals surface area contributed by atoms with Gasteiger partial charge in [0.15, 0.2) is 0 Å². The molecule has 38 heavy (non-hydrogen) atoms. The minimum absolute atomic E-state index is 0.482. The molecular formula is C29H34N8O. The van der Waals surface area contributed by atoms with Crippen LogP contribution in [0.2, 0.25) is 0 Å². The van der Waals surface area contributed by atoms with E-state index in [0.717, 1.165) is 72.4 Å². The van der Waals surface area contributed by atoms with Gasteiger partial charge in [0.05, 0.1) is 12.8 Å². The number of hydrogen-bond acceptors (Lipinski definition) is 8. The second-order valence-electron chi connectivity index (χ2n) is 9.93. The fourth-order valence-corrected chi connectivity index (χ4v) is 5.22. The molecule has 0 aliphatic carbocycles. The lowest BCUT2D eigenvalue weighted by molar-refractivity contribution is 0.298. The molecule has 0 unspecified atom stereocenters. The fourth-order valence-electron chi connectivity index (χ4n) is 5.22. The number of rotatable bonds is 9. The van der Waals surface area contributed by atoms with Gasteiger partial charge in [-0.1, -0.05) is 36.4 Å². The molecule has 1 N–H and O–H groups in total. The third kappa shape index (κ3) is 5.27. The van der Waals surface area contributed by atoms with Gasteiger partial charge in [0.2, 0.25) is 17.8 Å². The van der Waals surface area contributed by atoms with Gasteiger partial charge in [0, 0.05) is 48.8 Å². The summed E-state index contributed by atoms with van der Waals surface area (Å²) in [5.41, 5.74) is 6.40. The highest BCUT2D eigenvalue weighted by molar-refractivity contribution is 5.99. The van der Waals surface area contributed by atoms with Crippen molar-refractivity contribution in [2.75, 3.05) is 48.0 Å². The average molecular weight is 511 g/mol. The summed E-state index contributed by atoms with van der Waals surface area (Å²) in [6, 6.07) is 16.5. The molecule has 2 aliphatic heterocycles. The van der Waals surface area contributed by atoms with Gasteiger partial charge < -0.3 is 19.1 Å². The van der Waals surface area contributed by atoms with Crippen LogP contribution in [0.15, 0.2) is 59.8 Å². The summed E-state index contributed by atoms with van der Waals surface area (Å²) in [6.07, 6.45) is 8.65. The Morgan fingerprint density at radius 3 is 2.24 bits per heavy atom. The lowest BCUT2D eigenvalue weighted by Crippen LogP contribution is -2.25. The summed E-state index contributed by atoms with van der Waals surface area (Å²) in [6.45, 7) is 7.33. The van der Waals surface area contributed by atoms with Crippen molar-refractivity contribution in [3.63, 3.8) is 0 Å². The molecule has 4 heterocycles. The molecule has 0 amide bonds. The first-order valence-electron chi connectivity index (χ1n) is 13.6. The second kappa shape index (κ2) is 11.1. The molecular weight excluding hydrogens is 476 g/mol. The number of nitrogens with zero attached hydrogens (tertiary/aromatic N) is 7. The molecule has 4 aromatic rings. The number of para-hydroxylation sites is 2. The van der Waals surface area contributed by atoms with Crippen molar-refractivity contribution in [1.29, 1.82) is 0 Å². The van der Waals surface area contributed by atoms with Gasteiger partial charge in [-0.15, -0.1) is 0 Å². The number of fused-ring (bicyclic) bond motifs is 1. The van der Waals surface area contributed by atoms with E-state index in [1.54, 1.807) is 0 Å². The van der Waals surface area contributed by atoms with Crippen molar-refractivity contribution in [2.45, 2.75) is 39.2 Å². The number of aromatic nitrogens is 4. The zero-order valence-corrected chi connectivity index (χ0v) is 21.9. The highest BCUT2D eigenvalue weighted by Gasteiger charge is 2.21. The first-order chi connectivity index (χ1) is 18.7. The van der Waals surface area contributed by atoms with Crippen molar-refractivity contribution in [3.8, 4) is 5.75 Å². The summed E-state index contributed by atoms with van der Waals surface area (Å²) in [7, 11) is 0. The Bertz CT molecular complexity index is 1390. The fraction of sp³-hybridized carbons (Fsp3) is 0.379. The summed E-state index contributed by atoms with van der Waals surface area (Å²) < 4.78 is 8.26. The quantitative estimate of drug-likeness (QED) is 0.254. The van der Waals surface area contributed by atoms with E-state index in [4.69, 9.17) is 19.7 Å². The summed E-state index contributed by atoms with van der Waals surface area (Å²) in [5.74, 6) is 2.88. The van der Waals surface area contributed by atoms with E-state index in [1.807, 2.05) is 24.4 Å². The van der Waals surface area contributed by atoms with Crippen LogP contribution in [0, 0.1) is 6.92 Å². The highest BCUT2D eigenvalue weighted by Crippen LogP contribution is 2.24. The zero-order valence-electron chi connectivity index (χ0n) is 21.9. The molecule has 2 aromatic heterocycles. The monoisotopic (exact) mass is 510 g/mol. The first-order valence-corrected chi connectivity index (χ1v) is 13.6. The Morgan fingerprint density at radius 2 is 1.53 bits per heavy atom. The maximum absolute atomic E-state index is 6.05. The number of ether oxygens (including phenoxy) is 1. The van der Waals surface area contributed by atoms with E-state index in [-0.39, 0.29) is 0 Å². The standard InChI is InChI=1S/C29H34N8O/c1-22-10-2-5-13-26(22)38-19-18-37-21-23(24-11-3-4-12-25(24)37)20-30-34-27-31-28(35-14-6-7-15-35)33-29(32-27)36-16-8-9-17-36/h2-5,10-13,20-21H,6-9,14-19H2,1H3,(H,31,32,33,34). The van der Waals surface area contributed by atoms with Crippen molar-refractivity contribution < 1.29 is 4.74 Å². The van der Waals surface area contributed by atoms with Gasteiger partial charge in [-0.25, -0.2) is 5.43 Å². The van der Waals surface area contributed by atoms with Crippen molar-refractivity contribution in [3.05, 3.63) is 65.9 Å². The molecule has 9 heteroatoms. The van der Waals surface area contributed by atoms with Crippen LogP contribution in [0.1, 0.15) is 36.8 Å². The van der Waals surface area contributed by atoms with E-state index < -0.39 is 0 Å². The lowest BCUT2D eigenvalue weighted by atomic mass is 10.2. The van der Waals surface area contributed by atoms with Crippen LogP contribution in [-0.2, 0) is 6.54 Å². The molecule has 0 bridgehead atoms. The number of anilines is 3. The summed E-state index contributed by atoms with van der Waals surface area (Å²) in [5, 5.41) is 5.68. The Hall–Kier alpha value is -4.14. The van der Waals surface area contributed by atoms with E-state index in [9.17, 15) is 0 Å². The molecule has 196 valence electrons. The molecule has 2 aromatic carbocycles. The van der Waals surface area contributed by atoms with Crippen LogP contribution in [0.5, 0.6) is 5.75 Å². The molecule has 6 rings (SSSR count). The van der Waals surface area contributed by atoms with E-state index >= 15 is 0 Å². The second-order valence-corrected chi connectivity index (χ2v) is 9.93. The normalized spacial score (nSPS) is 15.7. The Kier molecular flexibility index (Phi) is 7.06. The SMILES string of the molecule is Cc1ccccc1OCCn1cc(C=NNc2nc(N3CCCC3)nc(N3CCCC3)n2)c2ccccc21. The third-order valence-electron chi connectivity index (χ3n) is 7.26. The largest absolute Gasteiger partial charge is 0.491 e. The van der Waals surface area contributed by atoms with E-state index in [1.165, 1.54) is 25.7 Å². The van der Waals surface area contributed by atoms with Gasteiger partial charge in [-0.2, -0.15) is 20.1 Å². The predicted molar refractivity (Wildman–Crippen MR) is 153 cm³/mol. The maximum atomic E-state index is 6.05. The number of benzene rings is 2. The average Bonchev–Trinajstić information content (AvgIpc) is 3.72. The van der Waals surface area contributed by atoms with Crippen LogP contribution in [0.4, 0.5) is 17.8 Å². The maximum Gasteiger partial charge on any atom is 0.250 e. The smallest absolute Gasteiger partial charge is 0.250 e. The molecule has 2 fully saturated rings. The van der Waals surface area contributed by atoms with Gasteiger partial charge in [0.1, 0.15) is 12.4 Å². The molecule has 0 saturated carbocycles. The molecule has 0 radical (unpaired) electrons. The Labute approximate surface area is 223 Å². The Balaban J connectivity index is 1.19. The number of hydrazone groups is 1. The van der Waals surface area contributed by atoms with Crippen molar-refractivity contribution in [2.24, 2.45) is 5.10 Å². The Morgan fingerprint density at radius 1 is 0.868 bits per heavy atom. The highest BCUT2D eigenvalue weighted by atomic mass is 16.5. The molecule has 9 nitrogen and oxygen atoms in total. The lowest BCUT2D eigenvalue weighted by Gasteiger charge is -2.20. The zero-order chi connectivity index (χ0) is 25.7. The van der Waals surface area contributed by atoms with Crippen molar-refractivity contribution in [1.82, 2.24) is 19.5 Å². The summed E-state index contributed by atoms with van der Waals surface area (Å²) >= 11 is 0. The van der Waals surface area contributed by atoms with E-state index in [0.29, 0.717) is 12.6 Å². The van der Waals surface area contributed by atoms with Gasteiger partial charge in [-0.3, -0.25) is 0 Å². The number of hydrogen-bond donors (Lipinski definition) is 1. The molecule has 2 saturated heterocycles. The van der Waals surface area contributed by atoms with Crippen LogP contribution in [0.3, 0.4) is 0 Å². The molecule has 0 spiro atoms. The van der Waals surface area contributed by atoms with E-state index in [2.05, 4.69) is 68.3 Å². The van der Waals surface area contributed by atoms with Crippen LogP contribution < -0.4 is 20.0 Å². The first kappa shape index (κ1) is 24.2. The van der Waals surface area contributed by atoms with Gasteiger partial charge >= 0.3 is 0 Å². The van der Waals surface area contributed by atoms with Crippen molar-refractivity contribution >= 4 is 35.0 Å². The van der Waals surface area contributed by atoms with Crippen LogP contribution in [-0.4, -0.2) is 58.5 Å². The molecule has 2 aliphatic rings. The van der Waals surface area contributed by atoms with Gasteiger partial charge in [0.25, 0.3) is 0 Å². The topological polar surface area (TPSA) is 83.7 Å². The predicted octanol–water partition coefficient (Wildman–Crippen LogP) is 4.86. The van der Waals surface area contributed by atoms with Crippen LogP contribution >= 0.6 is 0 Å². The van der Waals surface area contributed by atoms with Gasteiger partial charge in [-0.05, 0) is 50.3 Å². The number of aryl methyl sites for hydroxylation is 1. The third-order valence-corrected chi connectivity index (χ3v) is 7.26. The minimum atomic E-state index is 0.482.